The van der Waals surface area contributed by atoms with E-state index >= 15 is 0 Å². The summed E-state index contributed by atoms with van der Waals surface area (Å²) >= 11 is 14.5. The second-order valence-electron chi connectivity index (χ2n) is 13.4. The van der Waals surface area contributed by atoms with Gasteiger partial charge < -0.3 is 35.5 Å². The Labute approximate surface area is 355 Å². The molecular formula is C40H30Cl2F4N2O10S2. The number of carboxylic acid groups (broad SMARTS) is 1. The molecule has 0 unspecified atom stereocenters. The minimum absolute atomic E-state index is 0.0392. The number of carbonyl (C=O) groups excluding carboxylic acids is 4. The van der Waals surface area contributed by atoms with Crippen LogP contribution >= 0.6 is 45.9 Å². The normalized spacial score (nSPS) is 11.2. The van der Waals surface area contributed by atoms with Crippen molar-refractivity contribution < 1.29 is 65.6 Å². The molecule has 0 bridgehead atoms. The number of hydrogen-bond donors (Lipinski definition) is 3. The van der Waals surface area contributed by atoms with Crippen LogP contribution in [-0.2, 0) is 27.5 Å². The lowest BCUT2D eigenvalue weighted by atomic mass is 9.98. The van der Waals surface area contributed by atoms with Crippen molar-refractivity contribution in [1.82, 2.24) is 0 Å². The molecule has 2 amide bonds. The van der Waals surface area contributed by atoms with Crippen molar-refractivity contribution in [3.05, 3.63) is 126 Å². The third kappa shape index (κ3) is 10.1. The highest BCUT2D eigenvalue weighted by atomic mass is 35.5. The lowest BCUT2D eigenvalue weighted by Crippen LogP contribution is -2.24. The summed E-state index contributed by atoms with van der Waals surface area (Å²) in [6.45, 7) is 3.46. The van der Waals surface area contributed by atoms with Crippen molar-refractivity contribution in [3.63, 3.8) is 0 Å². The molecule has 12 nitrogen and oxygen atoms in total. The zero-order chi connectivity index (χ0) is 44.2. The SMILES string of the molecule is CC(C)(C)C(=O)OCOC(=O)c1sc2cccc(Cl)c2c1COc1c(F)cc(C(N)=O)cc1F.NC(=O)c1cc(F)c(OCc2c(C(=O)O)sc3cccc(Cl)c23)c(F)c1. The number of carbonyl (C=O) groups is 5. The van der Waals surface area contributed by atoms with E-state index in [1.165, 1.54) is 0 Å². The summed E-state index contributed by atoms with van der Waals surface area (Å²) < 4.78 is 78.6. The molecule has 6 aromatic rings. The smallest absolute Gasteiger partial charge is 0.351 e. The summed E-state index contributed by atoms with van der Waals surface area (Å²) in [5, 5.41) is 10.9. The monoisotopic (exact) mass is 908 g/mol. The van der Waals surface area contributed by atoms with E-state index in [0.717, 1.165) is 46.9 Å². The Hall–Kier alpha value is -5.95. The summed E-state index contributed by atoms with van der Waals surface area (Å²) in [6, 6.07) is 12.9. The van der Waals surface area contributed by atoms with E-state index in [1.54, 1.807) is 57.2 Å². The first-order chi connectivity index (χ1) is 28.2. The number of fused-ring (bicyclic) bond motifs is 2. The molecule has 0 saturated heterocycles. The van der Waals surface area contributed by atoms with Crippen molar-refractivity contribution in [3.8, 4) is 11.5 Å². The molecule has 4 aromatic carbocycles. The molecule has 0 atom stereocenters. The van der Waals surface area contributed by atoms with Crippen LogP contribution in [0.2, 0.25) is 10.0 Å². The van der Waals surface area contributed by atoms with Gasteiger partial charge in [0.2, 0.25) is 18.6 Å². The van der Waals surface area contributed by atoms with Gasteiger partial charge in [0.25, 0.3) is 0 Å². The van der Waals surface area contributed by atoms with Gasteiger partial charge in [-0.1, -0.05) is 35.3 Å². The standard InChI is InChI=1S/C23H20ClF2NO6S.C17H10ClF2NO4S/c1-23(2,3)22(30)33-10-32-21(29)19-12(17-13(24)5-4-6-16(17)34-19)9-31-18-14(25)7-11(20(27)28)8-15(18)26;18-9-2-1-3-12-13(9)8(15(26-12)17(23)24)6-25-14-10(19)4-7(16(21)22)5-11(14)20/h4-8H,9-10H2,1-3H3,(H2,27,28);1-5H,6H2,(H2,21,22)(H,23,24). The fraction of sp³-hybridized carbons (Fsp3) is 0.175. The number of esters is 2. The van der Waals surface area contributed by atoms with Gasteiger partial charge in [-0.3, -0.25) is 14.4 Å². The summed E-state index contributed by atoms with van der Waals surface area (Å²) in [5.74, 6) is -10.6. The Bertz CT molecular complexity index is 2650. The number of amides is 2. The molecule has 0 aliphatic carbocycles. The number of hydrogen-bond acceptors (Lipinski definition) is 11. The Balaban J connectivity index is 0.000000236. The Morgan fingerprint density at radius 2 is 1.07 bits per heavy atom. The average Bonchev–Trinajstić information content (AvgIpc) is 3.74. The average molecular weight is 910 g/mol. The maximum Gasteiger partial charge on any atom is 0.351 e. The molecule has 0 fully saturated rings. The van der Waals surface area contributed by atoms with Crippen molar-refractivity contribution in [2.24, 2.45) is 16.9 Å². The van der Waals surface area contributed by atoms with Crippen LogP contribution in [0.15, 0.2) is 60.7 Å². The molecule has 60 heavy (non-hydrogen) atoms. The fourth-order valence-electron chi connectivity index (χ4n) is 5.34. The lowest BCUT2D eigenvalue weighted by molar-refractivity contribution is -0.161. The molecule has 20 heteroatoms. The minimum atomic E-state index is -1.20. The van der Waals surface area contributed by atoms with Gasteiger partial charge in [0.1, 0.15) is 23.0 Å². The van der Waals surface area contributed by atoms with Gasteiger partial charge in [0.15, 0.2) is 34.8 Å². The maximum atomic E-state index is 14.4. The highest BCUT2D eigenvalue weighted by Crippen LogP contribution is 2.39. The molecule has 0 saturated carbocycles. The molecule has 0 aliphatic heterocycles. The van der Waals surface area contributed by atoms with Crippen LogP contribution in [0.3, 0.4) is 0 Å². The van der Waals surface area contributed by atoms with Crippen molar-refractivity contribution in [2.75, 3.05) is 6.79 Å². The number of primary amides is 2. The number of aromatic carboxylic acids is 1. The first-order valence-electron chi connectivity index (χ1n) is 17.0. The van der Waals surface area contributed by atoms with Gasteiger partial charge in [0, 0.05) is 52.5 Å². The summed E-state index contributed by atoms with van der Waals surface area (Å²) in [4.78, 5) is 58.4. The zero-order valence-electron chi connectivity index (χ0n) is 31.3. The van der Waals surface area contributed by atoms with Crippen molar-refractivity contribution in [1.29, 1.82) is 0 Å². The first kappa shape index (κ1) is 45.1. The van der Waals surface area contributed by atoms with E-state index < -0.39 is 89.9 Å². The van der Waals surface area contributed by atoms with E-state index in [2.05, 4.69) is 0 Å². The number of nitrogens with two attached hydrogens (primary N) is 2. The van der Waals surface area contributed by atoms with E-state index in [9.17, 15) is 46.6 Å². The third-order valence-electron chi connectivity index (χ3n) is 8.19. The molecule has 0 aliphatic rings. The molecule has 0 radical (unpaired) electrons. The van der Waals surface area contributed by atoms with Crippen molar-refractivity contribution >= 4 is 95.8 Å². The first-order valence-corrected chi connectivity index (χ1v) is 19.4. The Morgan fingerprint density at radius 1 is 0.667 bits per heavy atom. The number of benzene rings is 4. The van der Waals surface area contributed by atoms with E-state index in [-0.39, 0.29) is 37.0 Å². The van der Waals surface area contributed by atoms with Gasteiger partial charge in [-0.15, -0.1) is 22.7 Å². The van der Waals surface area contributed by atoms with Crippen LogP contribution in [0, 0.1) is 28.7 Å². The molecule has 6 rings (SSSR count). The number of rotatable bonds is 12. The van der Waals surface area contributed by atoms with Crippen LogP contribution in [-0.4, -0.2) is 41.6 Å². The van der Waals surface area contributed by atoms with Gasteiger partial charge in [-0.05, 0) is 69.3 Å². The maximum absolute atomic E-state index is 14.4. The molecule has 5 N–H and O–H groups in total. The molecule has 2 heterocycles. The van der Waals surface area contributed by atoms with Crippen LogP contribution < -0.4 is 20.9 Å². The largest absolute Gasteiger partial charge is 0.483 e. The molecule has 314 valence electrons. The zero-order valence-corrected chi connectivity index (χ0v) is 34.4. The number of halogens is 6. The van der Waals surface area contributed by atoms with Gasteiger partial charge >= 0.3 is 17.9 Å². The third-order valence-corrected chi connectivity index (χ3v) is 11.2. The molecule has 2 aromatic heterocycles. The highest BCUT2D eigenvalue weighted by molar-refractivity contribution is 7.21. The topological polar surface area (TPSA) is 195 Å². The lowest BCUT2D eigenvalue weighted by Gasteiger charge is -2.16. The summed E-state index contributed by atoms with van der Waals surface area (Å²) in [5.41, 5.74) is 9.00. The van der Waals surface area contributed by atoms with E-state index in [0.29, 0.717) is 25.2 Å². The summed E-state index contributed by atoms with van der Waals surface area (Å²) in [7, 11) is 0. The predicted molar refractivity (Wildman–Crippen MR) is 215 cm³/mol. The fourth-order valence-corrected chi connectivity index (χ4v) is 8.23. The Morgan fingerprint density at radius 3 is 1.45 bits per heavy atom. The number of thiophene rings is 2. The number of carboxylic acids is 1. The molecule has 0 spiro atoms. The second-order valence-corrected chi connectivity index (χ2v) is 16.3. The second kappa shape index (κ2) is 18.5. The van der Waals surface area contributed by atoms with Gasteiger partial charge in [-0.25, -0.2) is 27.2 Å². The quantitative estimate of drug-likeness (QED) is 0.0605. The number of ether oxygens (including phenoxy) is 4. The van der Waals surface area contributed by atoms with Gasteiger partial charge in [0.05, 0.1) is 5.41 Å². The van der Waals surface area contributed by atoms with Crippen molar-refractivity contribution in [2.45, 2.75) is 34.0 Å². The predicted octanol–water partition coefficient (Wildman–Crippen LogP) is 9.42. The van der Waals surface area contributed by atoms with E-state index in [1.807, 2.05) is 0 Å². The van der Waals surface area contributed by atoms with Crippen LogP contribution in [0.4, 0.5) is 17.6 Å². The van der Waals surface area contributed by atoms with Gasteiger partial charge in [-0.2, -0.15) is 0 Å². The molecular weight excluding hydrogens is 879 g/mol. The van der Waals surface area contributed by atoms with Crippen LogP contribution in [0.5, 0.6) is 11.5 Å². The van der Waals surface area contributed by atoms with E-state index in [4.69, 9.17) is 53.6 Å². The minimum Gasteiger partial charge on any atom is -0.483 e. The Kier molecular flexibility index (Phi) is 13.9. The summed E-state index contributed by atoms with van der Waals surface area (Å²) in [6.07, 6.45) is 0. The van der Waals surface area contributed by atoms with Crippen LogP contribution in [0.1, 0.15) is 72.0 Å². The van der Waals surface area contributed by atoms with Crippen LogP contribution in [0.25, 0.3) is 20.2 Å². The highest BCUT2D eigenvalue weighted by Gasteiger charge is 2.27.